The van der Waals surface area contributed by atoms with E-state index in [0.717, 1.165) is 11.1 Å². The molecule has 25 heavy (non-hydrogen) atoms. The van der Waals surface area contributed by atoms with Crippen LogP contribution < -0.4 is 0 Å². The van der Waals surface area contributed by atoms with Gasteiger partial charge in [-0.2, -0.15) is 0 Å². The number of rotatable bonds is 3. The third kappa shape index (κ3) is 3.68. The molecule has 1 aliphatic carbocycles. The third-order valence-corrected chi connectivity index (χ3v) is 5.09. The number of halogens is 2. The molecule has 5 heteroatoms. The molecule has 3 rings (SSSR count). The zero-order valence-electron chi connectivity index (χ0n) is 13.6. The lowest BCUT2D eigenvalue weighted by atomic mass is 9.74. The number of aryl methyl sites for hydroxylation is 1. The Morgan fingerprint density at radius 2 is 1.56 bits per heavy atom. The van der Waals surface area contributed by atoms with Crippen LogP contribution in [0.5, 0.6) is 0 Å². The maximum Gasteiger partial charge on any atom is 0.182 e. The van der Waals surface area contributed by atoms with E-state index in [4.69, 9.17) is 23.2 Å². The second kappa shape index (κ2) is 7.11. The second-order valence-corrected chi connectivity index (χ2v) is 7.21. The highest BCUT2D eigenvalue weighted by atomic mass is 35.5. The average Bonchev–Trinajstić information content (AvgIpc) is 2.54. The van der Waals surface area contributed by atoms with E-state index in [2.05, 4.69) is 0 Å². The summed E-state index contributed by atoms with van der Waals surface area (Å²) in [6, 6.07) is 12.2. The van der Waals surface area contributed by atoms with Gasteiger partial charge in [-0.3, -0.25) is 14.4 Å². The van der Waals surface area contributed by atoms with E-state index in [9.17, 15) is 14.4 Å². The molecule has 128 valence electrons. The predicted molar refractivity (Wildman–Crippen MR) is 97.5 cm³/mol. The number of benzene rings is 2. The average molecular weight is 375 g/mol. The van der Waals surface area contributed by atoms with Crippen LogP contribution in [0.2, 0.25) is 10.0 Å². The van der Waals surface area contributed by atoms with Crippen LogP contribution in [0.15, 0.2) is 42.5 Å². The highest BCUT2D eigenvalue weighted by Crippen LogP contribution is 2.34. The van der Waals surface area contributed by atoms with Crippen LogP contribution >= 0.6 is 23.2 Å². The highest BCUT2D eigenvalue weighted by molar-refractivity contribution is 6.38. The Morgan fingerprint density at radius 1 is 0.960 bits per heavy atom. The van der Waals surface area contributed by atoms with Gasteiger partial charge in [0.05, 0.1) is 5.02 Å². The van der Waals surface area contributed by atoms with Gasteiger partial charge in [0.2, 0.25) is 0 Å². The molecule has 3 nitrogen and oxygen atoms in total. The number of carbonyl (C=O) groups excluding carboxylic acids is 3. The van der Waals surface area contributed by atoms with Crippen molar-refractivity contribution in [3.8, 4) is 0 Å². The van der Waals surface area contributed by atoms with E-state index in [-0.39, 0.29) is 40.9 Å². The fourth-order valence-corrected chi connectivity index (χ4v) is 3.69. The van der Waals surface area contributed by atoms with E-state index >= 15 is 0 Å². The molecule has 1 aliphatic rings. The van der Waals surface area contributed by atoms with Gasteiger partial charge in [-0.25, -0.2) is 0 Å². The molecule has 2 aromatic carbocycles. The molecule has 1 fully saturated rings. The molecule has 2 aromatic rings. The van der Waals surface area contributed by atoms with Crippen molar-refractivity contribution < 1.29 is 14.4 Å². The van der Waals surface area contributed by atoms with Crippen molar-refractivity contribution in [2.45, 2.75) is 25.7 Å². The van der Waals surface area contributed by atoms with Crippen molar-refractivity contribution in [2.24, 2.45) is 5.92 Å². The van der Waals surface area contributed by atoms with E-state index in [0.29, 0.717) is 5.02 Å². The van der Waals surface area contributed by atoms with E-state index in [1.165, 1.54) is 18.2 Å². The molecular formula is C20H16Cl2O3. The molecule has 0 saturated heterocycles. The van der Waals surface area contributed by atoms with Crippen molar-refractivity contribution in [2.75, 3.05) is 0 Å². The molecule has 0 heterocycles. The van der Waals surface area contributed by atoms with Crippen molar-refractivity contribution in [3.63, 3.8) is 0 Å². The van der Waals surface area contributed by atoms with Crippen LogP contribution in [-0.4, -0.2) is 17.3 Å². The van der Waals surface area contributed by atoms with Crippen LogP contribution in [-0.2, 0) is 9.59 Å². The van der Waals surface area contributed by atoms with Gasteiger partial charge in [0.25, 0.3) is 0 Å². The summed E-state index contributed by atoms with van der Waals surface area (Å²) in [7, 11) is 0. The molecule has 0 spiro atoms. The minimum absolute atomic E-state index is 0.152. The van der Waals surface area contributed by atoms with Crippen LogP contribution in [0.1, 0.15) is 40.2 Å². The first kappa shape index (κ1) is 17.8. The van der Waals surface area contributed by atoms with Gasteiger partial charge >= 0.3 is 0 Å². The summed E-state index contributed by atoms with van der Waals surface area (Å²) < 4.78 is 0. The van der Waals surface area contributed by atoms with Crippen molar-refractivity contribution >= 4 is 40.6 Å². The van der Waals surface area contributed by atoms with Gasteiger partial charge in [0, 0.05) is 23.4 Å². The topological polar surface area (TPSA) is 51.2 Å². The summed E-state index contributed by atoms with van der Waals surface area (Å²) in [4.78, 5) is 37.7. The fraction of sp³-hybridized carbons (Fsp3) is 0.250. The number of ketones is 3. The number of Topliss-reactive ketones (excluding diaryl/α,β-unsaturated/α-hetero) is 3. The molecule has 0 aliphatic heterocycles. The van der Waals surface area contributed by atoms with Gasteiger partial charge in [0.1, 0.15) is 5.92 Å². The van der Waals surface area contributed by atoms with E-state index in [1.54, 1.807) is 0 Å². The van der Waals surface area contributed by atoms with Gasteiger partial charge in [-0.1, -0.05) is 53.0 Å². The first-order valence-corrected chi connectivity index (χ1v) is 8.73. The standard InChI is InChI=1S/C20H16Cl2O3/c1-11-2-4-12(5-3-11)13-8-17(23)19(18(24)9-13)20(25)15-7-6-14(21)10-16(15)22/h2-7,10,13,19H,8-9H2,1H3. The summed E-state index contributed by atoms with van der Waals surface area (Å²) in [6.07, 6.45) is 0.354. The van der Waals surface area contributed by atoms with Crippen molar-refractivity contribution in [1.82, 2.24) is 0 Å². The molecule has 0 aromatic heterocycles. The molecule has 0 bridgehead atoms. The minimum atomic E-state index is -1.26. The summed E-state index contributed by atoms with van der Waals surface area (Å²) in [6.45, 7) is 1.98. The largest absolute Gasteiger partial charge is 0.298 e. The first-order valence-electron chi connectivity index (χ1n) is 7.98. The summed E-state index contributed by atoms with van der Waals surface area (Å²) in [5.74, 6) is -2.68. The highest BCUT2D eigenvalue weighted by Gasteiger charge is 2.41. The smallest absolute Gasteiger partial charge is 0.182 e. The van der Waals surface area contributed by atoms with Crippen LogP contribution in [0.25, 0.3) is 0 Å². The molecule has 0 atom stereocenters. The first-order chi connectivity index (χ1) is 11.9. The quantitative estimate of drug-likeness (QED) is 0.571. The Morgan fingerprint density at radius 3 is 2.12 bits per heavy atom. The van der Waals surface area contributed by atoms with Gasteiger partial charge in [0.15, 0.2) is 17.3 Å². The van der Waals surface area contributed by atoms with Gasteiger partial charge in [-0.05, 0) is 36.6 Å². The summed E-state index contributed by atoms with van der Waals surface area (Å²) in [5, 5.41) is 0.543. The van der Waals surface area contributed by atoms with Gasteiger partial charge < -0.3 is 0 Å². The zero-order chi connectivity index (χ0) is 18.1. The zero-order valence-corrected chi connectivity index (χ0v) is 15.1. The molecule has 0 amide bonds. The number of hydrogen-bond acceptors (Lipinski definition) is 3. The monoisotopic (exact) mass is 374 g/mol. The van der Waals surface area contributed by atoms with Crippen LogP contribution in [0.3, 0.4) is 0 Å². The predicted octanol–water partition coefficient (Wildman–Crippen LogP) is 4.82. The van der Waals surface area contributed by atoms with E-state index in [1.807, 2.05) is 31.2 Å². The lowest BCUT2D eigenvalue weighted by molar-refractivity contribution is -0.133. The molecule has 0 N–H and O–H groups in total. The second-order valence-electron chi connectivity index (χ2n) is 6.37. The Hall–Kier alpha value is -1.97. The maximum atomic E-state index is 12.7. The van der Waals surface area contributed by atoms with E-state index < -0.39 is 11.7 Å². The summed E-state index contributed by atoms with van der Waals surface area (Å²) >= 11 is 11.9. The van der Waals surface area contributed by atoms with Gasteiger partial charge in [-0.15, -0.1) is 0 Å². The number of carbonyl (C=O) groups is 3. The molecule has 0 unspecified atom stereocenters. The Balaban J connectivity index is 1.83. The fourth-order valence-electron chi connectivity index (χ4n) is 3.18. The molecular weight excluding hydrogens is 359 g/mol. The minimum Gasteiger partial charge on any atom is -0.298 e. The van der Waals surface area contributed by atoms with Crippen LogP contribution in [0.4, 0.5) is 0 Å². The molecule has 0 radical (unpaired) electrons. The lowest BCUT2D eigenvalue weighted by Gasteiger charge is -2.26. The van der Waals surface area contributed by atoms with Crippen LogP contribution in [0, 0.1) is 12.8 Å². The Kier molecular flexibility index (Phi) is 5.07. The third-order valence-electron chi connectivity index (χ3n) is 4.55. The summed E-state index contributed by atoms with van der Waals surface area (Å²) in [5.41, 5.74) is 2.22. The SMILES string of the molecule is Cc1ccc(C2CC(=O)C(C(=O)c3ccc(Cl)cc3Cl)C(=O)C2)cc1. The van der Waals surface area contributed by atoms with Crippen molar-refractivity contribution in [1.29, 1.82) is 0 Å². The normalized spacial score (nSPS) is 20.6. The lowest BCUT2D eigenvalue weighted by Crippen LogP contribution is -2.38. The number of hydrogen-bond donors (Lipinski definition) is 0. The Bertz CT molecular complexity index is 838. The Labute approximate surface area is 155 Å². The molecule has 1 saturated carbocycles. The van der Waals surface area contributed by atoms with Crippen molar-refractivity contribution in [3.05, 3.63) is 69.2 Å². The maximum absolute atomic E-state index is 12.7.